The van der Waals surface area contributed by atoms with Crippen molar-refractivity contribution in [2.75, 3.05) is 11.4 Å². The van der Waals surface area contributed by atoms with Crippen molar-refractivity contribution in [1.29, 1.82) is 5.26 Å². The van der Waals surface area contributed by atoms with Gasteiger partial charge in [-0.05, 0) is 37.0 Å². The highest BCUT2D eigenvalue weighted by Gasteiger charge is 2.17. The number of halogens is 1. The fourth-order valence-electron chi connectivity index (χ4n) is 2.36. The Bertz CT molecular complexity index is 445. The Kier molecular flexibility index (Phi) is 6.18. The van der Waals surface area contributed by atoms with Crippen LogP contribution in [0.3, 0.4) is 0 Å². The van der Waals surface area contributed by atoms with Gasteiger partial charge >= 0.3 is 0 Å². The first-order valence-corrected chi connectivity index (χ1v) is 7.37. The normalized spacial score (nSPS) is 10.8. The second kappa shape index (κ2) is 7.40. The molecule has 0 aliphatic carbocycles. The zero-order valence-corrected chi connectivity index (χ0v) is 13.0. The summed E-state index contributed by atoms with van der Waals surface area (Å²) < 4.78 is 0. The second-order valence-corrected chi connectivity index (χ2v) is 5.70. The van der Waals surface area contributed by atoms with Crippen molar-refractivity contribution in [3.63, 3.8) is 0 Å². The van der Waals surface area contributed by atoms with Gasteiger partial charge in [0.2, 0.25) is 0 Å². The van der Waals surface area contributed by atoms with E-state index in [-0.39, 0.29) is 0 Å². The molecule has 0 spiro atoms. The van der Waals surface area contributed by atoms with E-state index in [1.54, 1.807) is 0 Å². The van der Waals surface area contributed by atoms with Crippen LogP contribution in [0.15, 0.2) is 18.2 Å². The average Bonchev–Trinajstić information content (AvgIpc) is 2.38. The Labute approximate surface area is 122 Å². The lowest BCUT2D eigenvalue weighted by molar-refractivity contribution is 0.507. The van der Waals surface area contributed by atoms with Crippen molar-refractivity contribution in [2.24, 2.45) is 5.92 Å². The van der Waals surface area contributed by atoms with E-state index in [9.17, 15) is 0 Å². The lowest BCUT2D eigenvalue weighted by Gasteiger charge is -2.34. The van der Waals surface area contributed by atoms with Crippen LogP contribution >= 0.6 is 11.6 Å². The van der Waals surface area contributed by atoms with Gasteiger partial charge in [0.15, 0.2) is 0 Å². The molecule has 0 saturated carbocycles. The summed E-state index contributed by atoms with van der Waals surface area (Å²) in [5, 5.41) is 9.49. The fraction of sp³-hybridized carbons (Fsp3) is 0.562. The lowest BCUT2D eigenvalue weighted by atomic mass is 10.1. The molecule has 19 heavy (non-hydrogen) atoms. The van der Waals surface area contributed by atoms with E-state index in [1.807, 2.05) is 18.2 Å². The molecule has 0 aliphatic rings. The van der Waals surface area contributed by atoms with Crippen molar-refractivity contribution in [1.82, 2.24) is 0 Å². The summed E-state index contributed by atoms with van der Waals surface area (Å²) in [4.78, 5) is 2.41. The minimum atomic E-state index is 0.520. The predicted molar refractivity (Wildman–Crippen MR) is 82.7 cm³/mol. The van der Waals surface area contributed by atoms with Gasteiger partial charge in [-0.1, -0.05) is 39.3 Å². The highest BCUT2D eigenvalue weighted by Crippen LogP contribution is 2.27. The molecule has 0 saturated heterocycles. The molecule has 0 atom stereocenters. The topological polar surface area (TPSA) is 27.0 Å². The van der Waals surface area contributed by atoms with Crippen molar-refractivity contribution in [3.05, 3.63) is 28.8 Å². The number of rotatable bonds is 6. The highest BCUT2D eigenvalue weighted by molar-refractivity contribution is 6.32. The van der Waals surface area contributed by atoms with Crippen molar-refractivity contribution in [3.8, 4) is 6.07 Å². The Morgan fingerprint density at radius 2 is 1.89 bits per heavy atom. The van der Waals surface area contributed by atoms with E-state index in [0.29, 0.717) is 22.5 Å². The number of benzene rings is 1. The molecule has 0 aromatic heterocycles. The zero-order chi connectivity index (χ0) is 14.4. The van der Waals surface area contributed by atoms with Gasteiger partial charge in [-0.2, -0.15) is 5.26 Å². The molecular formula is C16H23ClN2. The van der Waals surface area contributed by atoms with Crippen LogP contribution in [0, 0.1) is 17.2 Å². The van der Waals surface area contributed by atoms with Crippen LogP contribution < -0.4 is 4.90 Å². The molecule has 0 N–H and O–H groups in total. The minimum absolute atomic E-state index is 0.520. The number of anilines is 1. The van der Waals surface area contributed by atoms with Crippen molar-refractivity contribution in [2.45, 2.75) is 46.6 Å². The molecule has 1 aromatic carbocycles. The first-order valence-electron chi connectivity index (χ1n) is 6.99. The highest BCUT2D eigenvalue weighted by atomic mass is 35.5. The van der Waals surface area contributed by atoms with Crippen LogP contribution in [0.5, 0.6) is 0 Å². The van der Waals surface area contributed by atoms with Gasteiger partial charge in [-0.15, -0.1) is 0 Å². The number of hydrogen-bond acceptors (Lipinski definition) is 2. The van der Waals surface area contributed by atoms with Crippen molar-refractivity contribution < 1.29 is 0 Å². The molecule has 0 radical (unpaired) electrons. The molecule has 0 bridgehead atoms. The monoisotopic (exact) mass is 278 g/mol. The van der Waals surface area contributed by atoms with Gasteiger partial charge in [0, 0.05) is 18.3 Å². The summed E-state index contributed by atoms with van der Waals surface area (Å²) >= 11 is 6.15. The molecule has 0 fully saturated rings. The number of hydrogen-bond donors (Lipinski definition) is 0. The second-order valence-electron chi connectivity index (χ2n) is 5.29. The van der Waals surface area contributed by atoms with E-state index < -0.39 is 0 Å². The molecule has 0 heterocycles. The summed E-state index contributed by atoms with van der Waals surface area (Å²) in [6, 6.07) is 8.36. The molecule has 0 unspecified atom stereocenters. The third-order valence-electron chi connectivity index (χ3n) is 3.35. The molecule has 2 nitrogen and oxygen atoms in total. The van der Waals surface area contributed by atoms with Crippen LogP contribution in [0.1, 0.15) is 46.1 Å². The first kappa shape index (κ1) is 15.9. The summed E-state index contributed by atoms with van der Waals surface area (Å²) in [6.07, 6.45) is 2.22. The molecule has 1 aromatic rings. The van der Waals surface area contributed by atoms with E-state index in [0.717, 1.165) is 25.1 Å². The Morgan fingerprint density at radius 3 is 2.32 bits per heavy atom. The standard InChI is InChI=1S/C16H23ClN2/c1-5-14(6-2)19(11-12(3)4)15-8-7-13(10-18)16(17)9-15/h7-9,12,14H,5-6,11H2,1-4H3. The average molecular weight is 279 g/mol. The van der Waals surface area contributed by atoms with Gasteiger partial charge in [-0.3, -0.25) is 0 Å². The van der Waals surface area contributed by atoms with Gasteiger partial charge < -0.3 is 4.90 Å². The van der Waals surface area contributed by atoms with Crippen LogP contribution in [0.4, 0.5) is 5.69 Å². The van der Waals surface area contributed by atoms with Crippen LogP contribution in [-0.2, 0) is 0 Å². The number of nitriles is 1. The van der Waals surface area contributed by atoms with E-state index >= 15 is 0 Å². The summed E-state index contributed by atoms with van der Waals surface area (Å²) in [7, 11) is 0. The maximum absolute atomic E-state index is 8.95. The maximum atomic E-state index is 8.95. The van der Waals surface area contributed by atoms with Crippen LogP contribution in [-0.4, -0.2) is 12.6 Å². The SMILES string of the molecule is CCC(CC)N(CC(C)C)c1ccc(C#N)c(Cl)c1. The molecule has 3 heteroatoms. The summed E-state index contributed by atoms with van der Waals surface area (Å²) in [5.41, 5.74) is 1.66. The molecule has 1 rings (SSSR count). The molecule has 0 aliphatic heterocycles. The third-order valence-corrected chi connectivity index (χ3v) is 3.66. The molecular weight excluding hydrogens is 256 g/mol. The summed E-state index contributed by atoms with van der Waals surface area (Å²) in [6.45, 7) is 9.88. The Hall–Kier alpha value is -1.20. The van der Waals surface area contributed by atoms with Gasteiger partial charge in [-0.25, -0.2) is 0 Å². The quantitative estimate of drug-likeness (QED) is 0.743. The maximum Gasteiger partial charge on any atom is 0.101 e. The third kappa shape index (κ3) is 4.14. The minimum Gasteiger partial charge on any atom is -0.368 e. The summed E-state index contributed by atoms with van der Waals surface area (Å²) in [5.74, 6) is 0.593. The van der Waals surface area contributed by atoms with E-state index in [1.165, 1.54) is 0 Å². The van der Waals surface area contributed by atoms with Gasteiger partial charge in [0.25, 0.3) is 0 Å². The fourth-order valence-corrected chi connectivity index (χ4v) is 2.58. The Balaban J connectivity index is 3.10. The van der Waals surface area contributed by atoms with Gasteiger partial charge in [0.05, 0.1) is 10.6 Å². The smallest absolute Gasteiger partial charge is 0.101 e. The largest absolute Gasteiger partial charge is 0.368 e. The van der Waals surface area contributed by atoms with Crippen LogP contribution in [0.2, 0.25) is 5.02 Å². The van der Waals surface area contributed by atoms with Gasteiger partial charge in [0.1, 0.15) is 6.07 Å². The van der Waals surface area contributed by atoms with E-state index in [2.05, 4.69) is 38.7 Å². The Morgan fingerprint density at radius 1 is 1.26 bits per heavy atom. The zero-order valence-electron chi connectivity index (χ0n) is 12.3. The van der Waals surface area contributed by atoms with E-state index in [4.69, 9.17) is 16.9 Å². The predicted octanol–water partition coefficient (Wildman–Crippen LogP) is 4.86. The number of nitrogens with zero attached hydrogens (tertiary/aromatic N) is 2. The molecule has 104 valence electrons. The first-order chi connectivity index (χ1) is 9.03. The molecule has 0 amide bonds. The van der Waals surface area contributed by atoms with Crippen molar-refractivity contribution >= 4 is 17.3 Å². The van der Waals surface area contributed by atoms with Crippen LogP contribution in [0.25, 0.3) is 0 Å². The lowest BCUT2D eigenvalue weighted by Crippen LogP contribution is -2.37.